The molecule has 10 nitrogen and oxygen atoms in total. The second kappa shape index (κ2) is 10.9. The third kappa shape index (κ3) is 5.01. The molecule has 0 radical (unpaired) electrons. The first-order chi connectivity index (χ1) is 22.5. The number of hydrogen-bond donors (Lipinski definition) is 1. The Morgan fingerprint density at radius 3 is 2.55 bits per heavy atom. The molecule has 0 unspecified atom stereocenters. The molecule has 1 N–H and O–H groups in total. The second-order valence-corrected chi connectivity index (χ2v) is 12.6. The number of anilines is 1. The van der Waals surface area contributed by atoms with Crippen LogP contribution in [0.25, 0.3) is 66.5 Å². The highest BCUT2D eigenvalue weighted by atomic mass is 32.2. The molecule has 0 aliphatic rings. The van der Waals surface area contributed by atoms with Gasteiger partial charge in [-0.2, -0.15) is 5.26 Å². The number of aromatic nitrogens is 2. The van der Waals surface area contributed by atoms with Crippen molar-refractivity contribution in [3.8, 4) is 34.4 Å². The van der Waals surface area contributed by atoms with Gasteiger partial charge in [-0.05, 0) is 54.1 Å². The smallest absolute Gasteiger partial charge is 0.260 e. The van der Waals surface area contributed by atoms with Crippen LogP contribution in [-0.4, -0.2) is 44.7 Å². The van der Waals surface area contributed by atoms with Gasteiger partial charge in [0.1, 0.15) is 34.3 Å². The normalized spacial score (nSPS) is 12.0. The molecule has 0 bridgehead atoms. The van der Waals surface area contributed by atoms with Crippen LogP contribution in [0.2, 0.25) is 0 Å². The summed E-state index contributed by atoms with van der Waals surface area (Å²) in [5, 5.41) is 10.3. The fraction of sp³-hybridized carbons (Fsp3) is 0.121. The van der Waals surface area contributed by atoms with Crippen molar-refractivity contribution in [1.82, 2.24) is 9.97 Å². The summed E-state index contributed by atoms with van der Waals surface area (Å²) in [5.41, 5.74) is 1.32. The standard InChI is InChI=1S/C33H21F3N4O6S/c1-44-25-9-6-16(10-22(25)33-39-30-17(14-37)4-3-5-26(30)46-33)20-12-21-27(13-24(20)40(15-28(35)36)47(2,42)43)45-31-19-8-7-18(34)11-23(19)38-32(41)29(21)31/h3-13,28H,15H2,1-2H3,(H,38,41). The van der Waals surface area contributed by atoms with Crippen LogP contribution in [0.1, 0.15) is 5.56 Å². The summed E-state index contributed by atoms with van der Waals surface area (Å²) in [7, 11) is -2.85. The van der Waals surface area contributed by atoms with Crippen LogP contribution in [0, 0.1) is 17.1 Å². The van der Waals surface area contributed by atoms with E-state index in [-0.39, 0.29) is 50.2 Å². The van der Waals surface area contributed by atoms with E-state index in [0.29, 0.717) is 37.7 Å². The van der Waals surface area contributed by atoms with Crippen LogP contribution < -0.4 is 14.6 Å². The predicted molar refractivity (Wildman–Crippen MR) is 170 cm³/mol. The molecular weight excluding hydrogens is 637 g/mol. The molecular formula is C33H21F3N4O6S. The number of oxazole rings is 1. The van der Waals surface area contributed by atoms with E-state index in [0.717, 1.165) is 12.3 Å². The molecule has 0 atom stereocenters. The van der Waals surface area contributed by atoms with Gasteiger partial charge < -0.3 is 18.6 Å². The van der Waals surface area contributed by atoms with Crippen molar-refractivity contribution in [2.75, 3.05) is 24.2 Å². The maximum atomic E-state index is 14.0. The fourth-order valence-electron chi connectivity index (χ4n) is 5.72. The Hall–Kier alpha value is -5.81. The van der Waals surface area contributed by atoms with Crippen LogP contribution in [0.3, 0.4) is 0 Å². The van der Waals surface area contributed by atoms with Gasteiger partial charge in [0.15, 0.2) is 5.58 Å². The Kier molecular flexibility index (Phi) is 6.94. The van der Waals surface area contributed by atoms with Gasteiger partial charge in [-0.15, -0.1) is 0 Å². The summed E-state index contributed by atoms with van der Waals surface area (Å²) < 4.78 is 85.8. The number of rotatable bonds is 7. The summed E-state index contributed by atoms with van der Waals surface area (Å²) in [6.07, 6.45) is -2.23. The summed E-state index contributed by atoms with van der Waals surface area (Å²) in [6, 6.07) is 18.2. The highest BCUT2D eigenvalue weighted by Gasteiger charge is 2.28. The number of benzene rings is 4. The highest BCUT2D eigenvalue weighted by Crippen LogP contribution is 2.43. The minimum Gasteiger partial charge on any atom is -0.496 e. The van der Waals surface area contributed by atoms with Crippen LogP contribution in [0.15, 0.2) is 80.4 Å². The number of aromatic amines is 1. The minimum absolute atomic E-state index is 0.0423. The van der Waals surface area contributed by atoms with E-state index in [2.05, 4.69) is 16.0 Å². The number of para-hydroxylation sites is 1. The average Bonchev–Trinajstić information content (AvgIpc) is 3.64. The molecule has 0 aliphatic heterocycles. The monoisotopic (exact) mass is 658 g/mol. The lowest BCUT2D eigenvalue weighted by Gasteiger charge is -2.25. The number of methoxy groups -OCH3 is 1. The molecule has 14 heteroatoms. The third-order valence-corrected chi connectivity index (χ3v) is 8.91. The van der Waals surface area contributed by atoms with E-state index in [1.54, 1.807) is 36.4 Å². The van der Waals surface area contributed by atoms with Gasteiger partial charge in [0.2, 0.25) is 15.9 Å². The summed E-state index contributed by atoms with van der Waals surface area (Å²) in [4.78, 5) is 20.5. The number of nitrogens with one attached hydrogen (secondary N) is 1. The molecule has 0 spiro atoms. The quantitative estimate of drug-likeness (QED) is 0.194. The number of nitrogens with zero attached hydrogens (tertiary/aromatic N) is 3. The predicted octanol–water partition coefficient (Wildman–Crippen LogP) is 6.95. The number of pyridine rings is 1. The van der Waals surface area contributed by atoms with Crippen molar-refractivity contribution in [3.63, 3.8) is 0 Å². The number of alkyl halides is 2. The van der Waals surface area contributed by atoms with Crippen LogP contribution >= 0.6 is 0 Å². The van der Waals surface area contributed by atoms with Gasteiger partial charge in [-0.1, -0.05) is 12.1 Å². The van der Waals surface area contributed by atoms with Crippen molar-refractivity contribution in [2.45, 2.75) is 6.43 Å². The number of hydrogen-bond acceptors (Lipinski definition) is 8. The molecule has 0 amide bonds. The molecule has 0 fully saturated rings. The second-order valence-electron chi connectivity index (χ2n) is 10.7. The van der Waals surface area contributed by atoms with Crippen LogP contribution in [0.4, 0.5) is 18.9 Å². The Morgan fingerprint density at radius 2 is 1.83 bits per heavy atom. The van der Waals surface area contributed by atoms with Gasteiger partial charge in [0.05, 0.1) is 47.6 Å². The lowest BCUT2D eigenvalue weighted by atomic mass is 9.98. The number of H-pyrrole nitrogens is 1. The van der Waals surface area contributed by atoms with Gasteiger partial charge >= 0.3 is 0 Å². The molecule has 3 aromatic heterocycles. The molecule has 4 aromatic carbocycles. The zero-order chi connectivity index (χ0) is 33.2. The lowest BCUT2D eigenvalue weighted by molar-refractivity contribution is 0.159. The first-order valence-electron chi connectivity index (χ1n) is 13.9. The number of nitriles is 1. The fourth-order valence-corrected chi connectivity index (χ4v) is 6.61. The average molecular weight is 659 g/mol. The first kappa shape index (κ1) is 29.9. The highest BCUT2D eigenvalue weighted by molar-refractivity contribution is 7.92. The third-order valence-electron chi connectivity index (χ3n) is 7.76. The Bertz CT molecular complexity index is 2620. The van der Waals surface area contributed by atoms with Gasteiger partial charge in [-0.3, -0.25) is 9.10 Å². The van der Waals surface area contributed by atoms with Crippen LogP contribution in [0.5, 0.6) is 5.75 Å². The number of sulfonamides is 1. The summed E-state index contributed by atoms with van der Waals surface area (Å²) in [5.74, 6) is -0.180. The van der Waals surface area contributed by atoms with E-state index in [1.165, 1.54) is 31.4 Å². The molecule has 0 saturated heterocycles. The number of halogens is 3. The Morgan fingerprint density at radius 1 is 1.02 bits per heavy atom. The van der Waals surface area contributed by atoms with E-state index >= 15 is 0 Å². The molecule has 0 saturated carbocycles. The van der Waals surface area contributed by atoms with E-state index in [1.807, 2.05) is 0 Å². The lowest BCUT2D eigenvalue weighted by Crippen LogP contribution is -2.34. The van der Waals surface area contributed by atoms with Crippen molar-refractivity contribution in [2.24, 2.45) is 0 Å². The zero-order valence-corrected chi connectivity index (χ0v) is 25.3. The Balaban J connectivity index is 1.55. The molecule has 3 heterocycles. The van der Waals surface area contributed by atoms with E-state index < -0.39 is 34.4 Å². The van der Waals surface area contributed by atoms with Crippen LogP contribution in [-0.2, 0) is 10.0 Å². The van der Waals surface area contributed by atoms with E-state index in [4.69, 9.17) is 13.6 Å². The topological polar surface area (TPSA) is 142 Å². The van der Waals surface area contributed by atoms with Gasteiger partial charge in [0.25, 0.3) is 12.0 Å². The summed E-state index contributed by atoms with van der Waals surface area (Å²) in [6.45, 7) is -1.16. The van der Waals surface area contributed by atoms with Gasteiger partial charge in [0, 0.05) is 22.4 Å². The maximum Gasteiger partial charge on any atom is 0.260 e. The van der Waals surface area contributed by atoms with Crippen molar-refractivity contribution in [3.05, 3.63) is 88.5 Å². The zero-order valence-electron chi connectivity index (χ0n) is 24.5. The summed E-state index contributed by atoms with van der Waals surface area (Å²) >= 11 is 0. The molecule has 236 valence electrons. The Labute approximate surface area is 263 Å². The van der Waals surface area contributed by atoms with Crippen molar-refractivity contribution in [1.29, 1.82) is 5.26 Å². The number of fused-ring (bicyclic) bond motifs is 6. The largest absolute Gasteiger partial charge is 0.496 e. The number of furan rings is 1. The van der Waals surface area contributed by atoms with Gasteiger partial charge in [-0.25, -0.2) is 26.6 Å². The molecule has 7 rings (SSSR count). The molecule has 7 aromatic rings. The first-order valence-corrected chi connectivity index (χ1v) is 15.8. The maximum absolute atomic E-state index is 14.0. The SMILES string of the molecule is COc1ccc(-c2cc3c(cc2N(CC(F)F)S(C)(=O)=O)oc2c4ccc(F)cc4[nH]c(=O)c32)cc1-c1nc2c(C#N)cccc2o1. The minimum atomic E-state index is -4.27. The molecule has 47 heavy (non-hydrogen) atoms. The van der Waals surface area contributed by atoms with E-state index in [9.17, 15) is 31.6 Å². The molecule has 0 aliphatic carbocycles. The number of ether oxygens (including phenoxy) is 1. The van der Waals surface area contributed by atoms with Crippen molar-refractivity contribution < 1.29 is 35.2 Å². The van der Waals surface area contributed by atoms with Crippen molar-refractivity contribution >= 4 is 59.7 Å².